The minimum Gasteiger partial charge on any atom is -0.396 e. The van der Waals surface area contributed by atoms with E-state index >= 15 is 0 Å². The molecule has 0 bridgehead atoms. The summed E-state index contributed by atoms with van der Waals surface area (Å²) in [6.45, 7) is 0.346. The molecule has 1 rings (SSSR count). The smallest absolute Gasteiger partial charge is 0.0431 e. The molecule has 1 N–H and O–H groups in total. The highest BCUT2D eigenvalue weighted by Crippen LogP contribution is 2.17. The fourth-order valence-corrected chi connectivity index (χ4v) is 1.49. The monoisotopic (exact) mass is 166 g/mol. The SMILES string of the molecule is OCCCCCC1=CCC=CC1. The van der Waals surface area contributed by atoms with E-state index in [-0.39, 0.29) is 0 Å². The zero-order chi connectivity index (χ0) is 8.65. The molecule has 0 radical (unpaired) electrons. The van der Waals surface area contributed by atoms with Crippen LogP contribution in [0.5, 0.6) is 0 Å². The Hall–Kier alpha value is -0.560. The molecule has 0 fully saturated rings. The summed E-state index contributed by atoms with van der Waals surface area (Å²) in [5.74, 6) is 0. The van der Waals surface area contributed by atoms with Gasteiger partial charge in [0.25, 0.3) is 0 Å². The van der Waals surface area contributed by atoms with E-state index in [1.165, 1.54) is 12.8 Å². The van der Waals surface area contributed by atoms with Gasteiger partial charge in [-0.3, -0.25) is 0 Å². The first kappa shape index (κ1) is 9.53. The van der Waals surface area contributed by atoms with Crippen molar-refractivity contribution in [3.8, 4) is 0 Å². The van der Waals surface area contributed by atoms with E-state index in [0.29, 0.717) is 6.61 Å². The fraction of sp³-hybridized carbons (Fsp3) is 0.636. The number of hydrogen-bond acceptors (Lipinski definition) is 1. The van der Waals surface area contributed by atoms with Crippen molar-refractivity contribution < 1.29 is 5.11 Å². The van der Waals surface area contributed by atoms with Crippen LogP contribution < -0.4 is 0 Å². The molecule has 1 nitrogen and oxygen atoms in total. The summed E-state index contributed by atoms with van der Waals surface area (Å²) >= 11 is 0. The molecule has 0 spiro atoms. The van der Waals surface area contributed by atoms with Gasteiger partial charge in [-0.05, 0) is 32.1 Å². The molecule has 0 atom stereocenters. The Labute approximate surface area is 74.8 Å². The van der Waals surface area contributed by atoms with Crippen molar-refractivity contribution >= 4 is 0 Å². The third-order valence-corrected chi connectivity index (χ3v) is 2.25. The molecule has 0 unspecified atom stereocenters. The van der Waals surface area contributed by atoms with E-state index < -0.39 is 0 Å². The minimum atomic E-state index is 0.346. The summed E-state index contributed by atoms with van der Waals surface area (Å²) in [6.07, 6.45) is 13.7. The second-order valence-corrected chi connectivity index (χ2v) is 3.31. The first-order valence-electron chi connectivity index (χ1n) is 4.87. The summed E-state index contributed by atoms with van der Waals surface area (Å²) < 4.78 is 0. The first-order chi connectivity index (χ1) is 5.93. The zero-order valence-electron chi connectivity index (χ0n) is 7.63. The van der Waals surface area contributed by atoms with Crippen LogP contribution in [0.1, 0.15) is 38.5 Å². The molecule has 0 saturated carbocycles. The second-order valence-electron chi connectivity index (χ2n) is 3.31. The lowest BCUT2D eigenvalue weighted by molar-refractivity contribution is 0.283. The predicted molar refractivity (Wildman–Crippen MR) is 52.0 cm³/mol. The van der Waals surface area contributed by atoms with Gasteiger partial charge in [-0.15, -0.1) is 0 Å². The van der Waals surface area contributed by atoms with Gasteiger partial charge in [-0.25, -0.2) is 0 Å². The Morgan fingerprint density at radius 2 is 2.08 bits per heavy atom. The van der Waals surface area contributed by atoms with E-state index in [1.54, 1.807) is 5.57 Å². The van der Waals surface area contributed by atoms with Gasteiger partial charge in [0.2, 0.25) is 0 Å². The maximum Gasteiger partial charge on any atom is 0.0431 e. The van der Waals surface area contributed by atoms with Gasteiger partial charge in [0.1, 0.15) is 0 Å². The molecule has 1 heteroatoms. The Kier molecular flexibility index (Phi) is 4.77. The summed E-state index contributed by atoms with van der Waals surface area (Å²) in [4.78, 5) is 0. The number of unbranched alkanes of at least 4 members (excludes halogenated alkanes) is 2. The van der Waals surface area contributed by atoms with Gasteiger partial charge in [-0.2, -0.15) is 0 Å². The van der Waals surface area contributed by atoms with Crippen molar-refractivity contribution in [2.75, 3.05) is 6.61 Å². The van der Waals surface area contributed by atoms with Crippen molar-refractivity contribution in [1.82, 2.24) is 0 Å². The summed E-state index contributed by atoms with van der Waals surface area (Å²) in [7, 11) is 0. The van der Waals surface area contributed by atoms with Crippen LogP contribution in [-0.4, -0.2) is 11.7 Å². The lowest BCUT2D eigenvalue weighted by Gasteiger charge is -2.07. The first-order valence-corrected chi connectivity index (χ1v) is 4.87. The topological polar surface area (TPSA) is 20.2 Å². The zero-order valence-corrected chi connectivity index (χ0v) is 7.63. The quantitative estimate of drug-likeness (QED) is 0.492. The van der Waals surface area contributed by atoms with Gasteiger partial charge in [0, 0.05) is 6.61 Å². The highest BCUT2D eigenvalue weighted by molar-refractivity contribution is 5.14. The van der Waals surface area contributed by atoms with Crippen molar-refractivity contribution in [2.45, 2.75) is 38.5 Å². The highest BCUT2D eigenvalue weighted by atomic mass is 16.2. The Balaban J connectivity index is 2.03. The van der Waals surface area contributed by atoms with Gasteiger partial charge in [0.15, 0.2) is 0 Å². The molecule has 0 aromatic heterocycles. The summed E-state index contributed by atoms with van der Waals surface area (Å²) in [5.41, 5.74) is 1.58. The minimum absolute atomic E-state index is 0.346. The van der Waals surface area contributed by atoms with Crippen molar-refractivity contribution in [2.24, 2.45) is 0 Å². The van der Waals surface area contributed by atoms with Gasteiger partial charge < -0.3 is 5.11 Å². The lowest BCUT2D eigenvalue weighted by Crippen LogP contribution is -1.88. The van der Waals surface area contributed by atoms with Crippen LogP contribution in [0.25, 0.3) is 0 Å². The number of rotatable bonds is 5. The number of aliphatic hydroxyl groups excluding tert-OH is 1. The van der Waals surface area contributed by atoms with Gasteiger partial charge in [-0.1, -0.05) is 30.2 Å². The highest BCUT2D eigenvalue weighted by Gasteiger charge is 1.97. The maximum absolute atomic E-state index is 8.58. The molecule has 0 aromatic rings. The summed E-state index contributed by atoms with van der Waals surface area (Å²) in [5, 5.41) is 8.58. The van der Waals surface area contributed by atoms with E-state index in [4.69, 9.17) is 5.11 Å². The van der Waals surface area contributed by atoms with Crippen LogP contribution in [0.3, 0.4) is 0 Å². The van der Waals surface area contributed by atoms with Crippen LogP contribution >= 0.6 is 0 Å². The Bertz CT molecular complexity index is 168. The molecule has 0 aliphatic heterocycles. The van der Waals surface area contributed by atoms with E-state index in [1.807, 2.05) is 0 Å². The predicted octanol–water partition coefficient (Wildman–Crippen LogP) is 2.82. The molecule has 0 saturated heterocycles. The normalized spacial score (nSPS) is 16.2. The Morgan fingerprint density at radius 3 is 2.75 bits per heavy atom. The number of aliphatic hydroxyl groups is 1. The second kappa shape index (κ2) is 6.01. The Morgan fingerprint density at radius 1 is 1.17 bits per heavy atom. The number of allylic oxidation sites excluding steroid dienone is 4. The van der Waals surface area contributed by atoms with E-state index in [2.05, 4.69) is 18.2 Å². The average molecular weight is 166 g/mol. The number of hydrogen-bond donors (Lipinski definition) is 1. The molecule has 0 heterocycles. The van der Waals surface area contributed by atoms with E-state index in [0.717, 1.165) is 25.7 Å². The molecule has 1 aliphatic rings. The van der Waals surface area contributed by atoms with Crippen LogP contribution in [-0.2, 0) is 0 Å². The van der Waals surface area contributed by atoms with Crippen LogP contribution in [0.2, 0.25) is 0 Å². The largest absolute Gasteiger partial charge is 0.396 e. The van der Waals surface area contributed by atoms with Crippen molar-refractivity contribution in [1.29, 1.82) is 0 Å². The van der Waals surface area contributed by atoms with Crippen LogP contribution in [0.15, 0.2) is 23.8 Å². The van der Waals surface area contributed by atoms with Crippen LogP contribution in [0, 0.1) is 0 Å². The third kappa shape index (κ3) is 3.72. The molecular weight excluding hydrogens is 148 g/mol. The lowest BCUT2D eigenvalue weighted by atomic mass is 10.00. The van der Waals surface area contributed by atoms with Gasteiger partial charge in [0.05, 0.1) is 0 Å². The summed E-state index contributed by atoms with van der Waals surface area (Å²) in [6, 6.07) is 0. The molecule has 12 heavy (non-hydrogen) atoms. The average Bonchev–Trinajstić information content (AvgIpc) is 2.14. The van der Waals surface area contributed by atoms with Crippen molar-refractivity contribution in [3.05, 3.63) is 23.8 Å². The third-order valence-electron chi connectivity index (χ3n) is 2.25. The maximum atomic E-state index is 8.58. The molecule has 1 aliphatic carbocycles. The molecule has 0 amide bonds. The van der Waals surface area contributed by atoms with Crippen molar-refractivity contribution in [3.63, 3.8) is 0 Å². The molecular formula is C11H18O. The molecule has 0 aromatic carbocycles. The standard InChI is InChI=1S/C11H18O/c12-10-6-2-5-9-11-7-3-1-4-8-11/h1,3,8,12H,2,4-7,9-10H2. The van der Waals surface area contributed by atoms with Gasteiger partial charge >= 0.3 is 0 Å². The molecule has 68 valence electrons. The van der Waals surface area contributed by atoms with Crippen LogP contribution in [0.4, 0.5) is 0 Å². The fourth-order valence-electron chi connectivity index (χ4n) is 1.49. The van der Waals surface area contributed by atoms with E-state index in [9.17, 15) is 0 Å².